The van der Waals surface area contributed by atoms with E-state index in [1.807, 2.05) is 34.6 Å². The molecule has 462 valence electrons. The first-order valence-corrected chi connectivity index (χ1v) is 33.6. The van der Waals surface area contributed by atoms with Crippen LogP contribution in [0.2, 0.25) is 0 Å². The maximum Gasteiger partial charge on any atom is 0.313 e. The van der Waals surface area contributed by atoms with Crippen molar-refractivity contribution < 1.29 is 28.5 Å². The van der Waals surface area contributed by atoms with Crippen molar-refractivity contribution in [2.24, 2.45) is 101 Å². The molecule has 0 radical (unpaired) electrons. The van der Waals surface area contributed by atoms with Crippen molar-refractivity contribution in [2.45, 2.75) is 319 Å². The van der Waals surface area contributed by atoms with E-state index in [1.54, 1.807) is 11.1 Å². The number of ether oxygens (including phenoxy) is 4. The molecule has 0 aliphatic heterocycles. The Hall–Kier alpha value is -1.66. The lowest BCUT2D eigenvalue weighted by Gasteiger charge is -2.66. The van der Waals surface area contributed by atoms with E-state index in [2.05, 4.69) is 123 Å². The standard InChI is InChI=1S/C37H64O3.C36H62O3.CH4/c1-12-32(4,5)31(38)40-25-39-28-17-20-35(9)27(24-28)15-16-29-34(8)22-23-36(10,30(34)18-21-37(29,35)11)33(6,7)19-13-14-26(2)3;1-11-26(4)31(37)39-24-38-28-16-19-34(8)27(23-28)14-15-29-33(7)21-22-35(9,30(33)17-20-36(29,34)10)32(5,6)18-12-13-25(2)3;/h15,26,28-30H,12-14,16-25H2,1-11H3;14,25-26,28-30H,11-13,15-24H2,1-10H3;1H4/t28?,29-,30-,34-,35-,36-,37-;26?,28?,29-,30-,33-,34-,35-,36-;/m00./s1. The summed E-state index contributed by atoms with van der Waals surface area (Å²) < 4.78 is 23.3. The number of fused-ring (bicyclic) bond motifs is 10. The van der Waals surface area contributed by atoms with E-state index in [4.69, 9.17) is 18.9 Å². The molecule has 0 aromatic heterocycles. The van der Waals surface area contributed by atoms with E-state index in [9.17, 15) is 9.59 Å². The van der Waals surface area contributed by atoms with Gasteiger partial charge in [-0.2, -0.15) is 0 Å². The molecule has 0 aromatic rings. The van der Waals surface area contributed by atoms with Gasteiger partial charge in [0.15, 0.2) is 13.6 Å². The number of allylic oxidation sites excluding steroid dienone is 2. The molecule has 0 amide bonds. The second-order valence-corrected chi connectivity index (χ2v) is 33.6. The summed E-state index contributed by atoms with van der Waals surface area (Å²) in [6, 6.07) is 0. The molecule has 0 bridgehead atoms. The average Bonchev–Trinajstić information content (AvgIpc) is 3.86. The Morgan fingerprint density at radius 3 is 1.32 bits per heavy atom. The maximum absolute atomic E-state index is 12.4. The zero-order chi connectivity index (χ0) is 58.6. The Kier molecular flexibility index (Phi) is 20.8. The van der Waals surface area contributed by atoms with E-state index in [0.29, 0.717) is 43.3 Å². The Labute approximate surface area is 495 Å². The van der Waals surface area contributed by atoms with Crippen LogP contribution in [0.25, 0.3) is 0 Å². The summed E-state index contributed by atoms with van der Waals surface area (Å²) in [7, 11) is 0. The molecular weight excluding hydrogens is 985 g/mol. The molecule has 0 aromatic carbocycles. The number of carbonyl (C=O) groups is 2. The van der Waals surface area contributed by atoms with Crippen molar-refractivity contribution in [3.05, 3.63) is 23.3 Å². The van der Waals surface area contributed by atoms with Gasteiger partial charge in [-0.05, 0) is 232 Å². The summed E-state index contributed by atoms with van der Waals surface area (Å²) in [5.41, 5.74) is 6.51. The van der Waals surface area contributed by atoms with E-state index < -0.39 is 5.41 Å². The number of hydrogen-bond acceptors (Lipinski definition) is 6. The summed E-state index contributed by atoms with van der Waals surface area (Å²) in [5.74, 6) is 4.45. The van der Waals surface area contributed by atoms with Gasteiger partial charge < -0.3 is 18.9 Å². The van der Waals surface area contributed by atoms with Crippen LogP contribution in [-0.2, 0) is 28.5 Å². The van der Waals surface area contributed by atoms with Crippen molar-refractivity contribution in [3.63, 3.8) is 0 Å². The lowest BCUT2D eigenvalue weighted by Crippen LogP contribution is -2.59. The topological polar surface area (TPSA) is 71.1 Å². The molecule has 8 rings (SSSR count). The molecule has 6 nitrogen and oxygen atoms in total. The largest absolute Gasteiger partial charge is 0.438 e. The van der Waals surface area contributed by atoms with Crippen LogP contribution in [0, 0.1) is 101 Å². The molecule has 0 spiro atoms. The fourth-order valence-electron chi connectivity index (χ4n) is 20.6. The van der Waals surface area contributed by atoms with Gasteiger partial charge in [0.2, 0.25) is 0 Å². The van der Waals surface area contributed by atoms with Crippen molar-refractivity contribution in [1.29, 1.82) is 0 Å². The molecule has 6 saturated carbocycles. The minimum atomic E-state index is -0.446. The molecule has 6 fully saturated rings. The zero-order valence-corrected chi connectivity index (χ0v) is 55.7. The average molecular weight is 1120 g/mol. The van der Waals surface area contributed by atoms with E-state index >= 15 is 0 Å². The Morgan fingerprint density at radius 1 is 0.550 bits per heavy atom. The van der Waals surface area contributed by atoms with Crippen LogP contribution in [0.1, 0.15) is 307 Å². The van der Waals surface area contributed by atoms with Crippen molar-refractivity contribution in [3.8, 4) is 0 Å². The normalized spacial score (nSPS) is 39.8. The minimum Gasteiger partial charge on any atom is -0.438 e. The summed E-state index contributed by atoms with van der Waals surface area (Å²) in [6.07, 6.45) is 35.4. The molecule has 8 aliphatic rings. The van der Waals surface area contributed by atoms with Crippen LogP contribution in [0.15, 0.2) is 23.3 Å². The number of rotatable bonds is 20. The fourth-order valence-corrected chi connectivity index (χ4v) is 20.6. The Morgan fingerprint density at radius 2 is 0.950 bits per heavy atom. The quantitative estimate of drug-likeness (QED) is 0.0687. The second-order valence-electron chi connectivity index (χ2n) is 33.6. The van der Waals surface area contributed by atoms with Gasteiger partial charge in [-0.15, -0.1) is 0 Å². The molecule has 0 N–H and O–H groups in total. The summed E-state index contributed by atoms with van der Waals surface area (Å²) in [6.45, 7) is 51.3. The first-order chi connectivity index (χ1) is 36.6. The minimum absolute atomic E-state index is 0. The first kappa shape index (κ1) is 67.5. The highest BCUT2D eigenvalue weighted by Gasteiger charge is 2.70. The lowest BCUT2D eigenvalue weighted by molar-refractivity contribution is -0.176. The van der Waals surface area contributed by atoms with Crippen LogP contribution in [0.4, 0.5) is 0 Å². The van der Waals surface area contributed by atoms with Crippen molar-refractivity contribution in [1.82, 2.24) is 0 Å². The van der Waals surface area contributed by atoms with Crippen LogP contribution in [-0.4, -0.2) is 37.7 Å². The van der Waals surface area contributed by atoms with E-state index in [-0.39, 0.29) is 61.9 Å². The SMILES string of the molecule is C.CCC(C)(C)C(=O)OCOC1CC[C@@]2(C)C(=CC[C@H]3[C@]4(C)CC[C@](C)(C(C)(C)CCCC(C)C)[C@H]4CC[C@@]32C)C1.CCC(C)C(=O)OCOC1CC[C@@]2(C)C(=CC[C@H]3[C@]4(C)CC[C@](C)(C(C)(C)CCCC(C)C)[C@H]4CC[C@@]32C)C1. The van der Waals surface area contributed by atoms with Gasteiger partial charge in [0.1, 0.15) is 0 Å². The highest BCUT2D eigenvalue weighted by Crippen LogP contribution is 2.78. The first-order valence-electron chi connectivity index (χ1n) is 33.6. The zero-order valence-electron chi connectivity index (χ0n) is 55.7. The third kappa shape index (κ3) is 11.8. The van der Waals surface area contributed by atoms with Crippen LogP contribution < -0.4 is 0 Å². The maximum atomic E-state index is 12.4. The molecular formula is C74H130O6. The Bertz CT molecular complexity index is 2180. The van der Waals surface area contributed by atoms with Gasteiger partial charge in [0, 0.05) is 0 Å². The molecule has 80 heavy (non-hydrogen) atoms. The summed E-state index contributed by atoms with van der Waals surface area (Å²) in [4.78, 5) is 24.5. The van der Waals surface area contributed by atoms with Crippen LogP contribution in [0.5, 0.6) is 0 Å². The molecule has 8 aliphatic carbocycles. The molecule has 0 heterocycles. The van der Waals surface area contributed by atoms with Crippen molar-refractivity contribution in [2.75, 3.05) is 13.6 Å². The summed E-state index contributed by atoms with van der Waals surface area (Å²) in [5, 5.41) is 0. The van der Waals surface area contributed by atoms with E-state index in [0.717, 1.165) is 74.0 Å². The number of carbonyl (C=O) groups excluding carboxylic acids is 2. The van der Waals surface area contributed by atoms with Crippen LogP contribution >= 0.6 is 0 Å². The smallest absolute Gasteiger partial charge is 0.313 e. The second kappa shape index (κ2) is 24.6. The fraction of sp³-hybridized carbons (Fsp3) is 0.919. The highest BCUT2D eigenvalue weighted by atomic mass is 16.7. The lowest BCUT2D eigenvalue weighted by atomic mass is 9.38. The van der Waals surface area contributed by atoms with Gasteiger partial charge in [0.25, 0.3) is 0 Å². The van der Waals surface area contributed by atoms with Gasteiger partial charge in [-0.25, -0.2) is 0 Å². The van der Waals surface area contributed by atoms with Crippen molar-refractivity contribution >= 4 is 11.9 Å². The summed E-state index contributed by atoms with van der Waals surface area (Å²) >= 11 is 0. The molecule has 15 atom stereocenters. The number of esters is 2. The predicted molar refractivity (Wildman–Crippen MR) is 336 cm³/mol. The molecule has 0 saturated heterocycles. The van der Waals surface area contributed by atoms with Gasteiger partial charge in [-0.1, -0.05) is 188 Å². The molecule has 6 heteroatoms. The monoisotopic (exact) mass is 1110 g/mol. The third-order valence-corrected chi connectivity index (χ3v) is 28.2. The Balaban J connectivity index is 0.000000255. The molecule has 3 unspecified atom stereocenters. The van der Waals surface area contributed by atoms with E-state index in [1.165, 1.54) is 116 Å². The van der Waals surface area contributed by atoms with Crippen LogP contribution in [0.3, 0.4) is 0 Å². The third-order valence-electron chi connectivity index (χ3n) is 28.2. The highest BCUT2D eigenvalue weighted by molar-refractivity contribution is 5.75. The van der Waals surface area contributed by atoms with Gasteiger partial charge in [-0.3, -0.25) is 9.59 Å². The predicted octanol–water partition coefficient (Wildman–Crippen LogP) is 21.3. The van der Waals surface area contributed by atoms with Gasteiger partial charge in [0.05, 0.1) is 23.5 Å². The number of hydrogen-bond donors (Lipinski definition) is 0. The van der Waals surface area contributed by atoms with Gasteiger partial charge >= 0.3 is 11.9 Å².